The average molecular weight is 659 g/mol. The number of H-pyrrole nitrogens is 2. The second-order valence-electron chi connectivity index (χ2n) is 13.6. The van der Waals surface area contributed by atoms with Gasteiger partial charge in [-0.2, -0.15) is 0 Å². The Kier molecular flexibility index (Phi) is 6.82. The summed E-state index contributed by atoms with van der Waals surface area (Å²) in [5.41, 5.74) is 7.14. The highest BCUT2D eigenvalue weighted by Crippen LogP contribution is 2.40. The van der Waals surface area contributed by atoms with Crippen LogP contribution in [0.2, 0.25) is 0 Å². The minimum Gasteiger partial charge on any atom is -0.364 e. The number of hydrogen-bond donors (Lipinski definition) is 2. The van der Waals surface area contributed by atoms with E-state index in [-0.39, 0.29) is 23.6 Å². The Hall–Kier alpha value is -5.20. The standard InChI is InChI=1S/C37H38N8O4/c1-40-34(46)30-28-22-8-3-5-10-24(22)38-26(28)12-7-13-27-29(23-9-4-6-11-25(23)39-27)31-33(37(49)41(2)35(31)47)43-16-20-45(21-17-43)44-18-14-42(15-19-44)32(30)36(40)48/h3-6,8-11,38-39H,7,12-21H2,1-2H3. The molecule has 11 rings (SSSR count). The van der Waals surface area contributed by atoms with E-state index in [0.29, 0.717) is 94.2 Å². The number of aromatic nitrogens is 2. The van der Waals surface area contributed by atoms with Gasteiger partial charge in [0, 0.05) is 111 Å². The fraction of sp³-hybridized carbons (Fsp3) is 0.351. The Balaban J connectivity index is 1.22. The summed E-state index contributed by atoms with van der Waals surface area (Å²) >= 11 is 0. The Labute approximate surface area is 283 Å². The van der Waals surface area contributed by atoms with Crippen molar-refractivity contribution in [1.29, 1.82) is 0 Å². The highest BCUT2D eigenvalue weighted by molar-refractivity contribution is 6.38. The predicted octanol–water partition coefficient (Wildman–Crippen LogP) is 2.41. The van der Waals surface area contributed by atoms with Gasteiger partial charge in [-0.3, -0.25) is 29.0 Å². The summed E-state index contributed by atoms with van der Waals surface area (Å²) in [6.45, 7) is 5.25. The number of nitrogens with zero attached hydrogens (tertiary/aromatic N) is 6. The Morgan fingerprint density at radius 2 is 0.898 bits per heavy atom. The van der Waals surface area contributed by atoms with Crippen molar-refractivity contribution in [2.75, 3.05) is 66.5 Å². The summed E-state index contributed by atoms with van der Waals surface area (Å²) in [4.78, 5) is 69.4. The van der Waals surface area contributed by atoms with Crippen LogP contribution in [-0.2, 0) is 32.0 Å². The zero-order chi connectivity index (χ0) is 33.6. The number of carbonyl (C=O) groups is 4. The molecule has 0 spiro atoms. The van der Waals surface area contributed by atoms with E-state index >= 15 is 0 Å². The van der Waals surface area contributed by atoms with Crippen molar-refractivity contribution in [3.63, 3.8) is 0 Å². The number of carbonyl (C=O) groups excluding carboxylic acids is 4. The summed E-state index contributed by atoms with van der Waals surface area (Å²) in [6, 6.07) is 15.9. The SMILES string of the molecule is CN1C(=O)C2=C(C1=O)N1CCN(CC1)N1CCN(CC1)C1=C(C(=O)N(C)C1=O)c1c([nH]c3ccccc13)CCCc1[nH]c3ccccc3c12. The number of hydrazine groups is 1. The van der Waals surface area contributed by atoms with Gasteiger partial charge in [-0.1, -0.05) is 36.4 Å². The molecule has 2 saturated heterocycles. The predicted molar refractivity (Wildman–Crippen MR) is 184 cm³/mol. The lowest BCUT2D eigenvalue weighted by Crippen LogP contribution is -2.59. The first-order chi connectivity index (χ1) is 23.8. The van der Waals surface area contributed by atoms with Crippen molar-refractivity contribution in [3.8, 4) is 0 Å². The molecule has 4 bridgehead atoms. The lowest BCUT2D eigenvalue weighted by Gasteiger charge is -2.45. The first-order valence-electron chi connectivity index (χ1n) is 17.1. The smallest absolute Gasteiger partial charge is 0.277 e. The molecule has 0 atom stereocenters. The minimum atomic E-state index is -0.277. The topological polar surface area (TPSA) is 119 Å². The third-order valence-electron chi connectivity index (χ3n) is 11.0. The van der Waals surface area contributed by atoms with Crippen molar-refractivity contribution < 1.29 is 19.2 Å². The molecule has 12 nitrogen and oxygen atoms in total. The minimum absolute atomic E-state index is 0.258. The largest absolute Gasteiger partial charge is 0.364 e. The second-order valence-corrected chi connectivity index (χ2v) is 13.6. The summed E-state index contributed by atoms with van der Waals surface area (Å²) in [5.74, 6) is -1.07. The number of fused-ring (bicyclic) bond motifs is 4. The molecule has 4 aromatic rings. The number of likely N-dealkylation sites (N-methyl/N-ethyl adjacent to an activating group) is 2. The van der Waals surface area contributed by atoms with Crippen LogP contribution in [-0.4, -0.2) is 130 Å². The van der Waals surface area contributed by atoms with Crippen LogP contribution in [0.25, 0.3) is 33.0 Å². The fourth-order valence-corrected chi connectivity index (χ4v) is 8.48. The molecular formula is C37H38N8O4. The summed E-state index contributed by atoms with van der Waals surface area (Å²) in [6.07, 6.45) is 1.90. The lowest BCUT2D eigenvalue weighted by atomic mass is 9.95. The van der Waals surface area contributed by atoms with E-state index in [1.54, 1.807) is 14.1 Å². The molecule has 9 heterocycles. The highest BCUT2D eigenvalue weighted by Gasteiger charge is 2.44. The van der Waals surface area contributed by atoms with Crippen molar-refractivity contribution in [2.45, 2.75) is 19.3 Å². The van der Waals surface area contributed by atoms with Gasteiger partial charge in [-0.15, -0.1) is 0 Å². The van der Waals surface area contributed by atoms with Crippen molar-refractivity contribution in [3.05, 3.63) is 82.4 Å². The van der Waals surface area contributed by atoms with E-state index in [4.69, 9.17) is 0 Å². The van der Waals surface area contributed by atoms with Gasteiger partial charge in [-0.05, 0) is 31.4 Å². The number of amides is 4. The third kappa shape index (κ3) is 4.43. The summed E-state index contributed by atoms with van der Waals surface area (Å²) < 4.78 is 0. The van der Waals surface area contributed by atoms with Gasteiger partial charge >= 0.3 is 0 Å². The first-order valence-corrected chi connectivity index (χ1v) is 17.1. The average Bonchev–Trinajstić information content (AvgIpc) is 3.80. The van der Waals surface area contributed by atoms with Crippen LogP contribution in [0.3, 0.4) is 0 Å². The van der Waals surface area contributed by atoms with Gasteiger partial charge in [0.2, 0.25) is 0 Å². The Morgan fingerprint density at radius 1 is 0.510 bits per heavy atom. The molecule has 2 N–H and O–H groups in total. The number of nitrogens with one attached hydrogen (secondary N) is 2. The van der Waals surface area contributed by atoms with Gasteiger partial charge < -0.3 is 19.8 Å². The third-order valence-corrected chi connectivity index (χ3v) is 11.0. The van der Waals surface area contributed by atoms with Crippen LogP contribution in [0, 0.1) is 0 Å². The molecule has 12 heteroatoms. The van der Waals surface area contributed by atoms with Crippen molar-refractivity contribution >= 4 is 56.6 Å². The second kappa shape index (κ2) is 11.2. The molecule has 4 amide bonds. The number of hydrogen-bond acceptors (Lipinski definition) is 8. The number of piperazine rings is 2. The van der Waals surface area contributed by atoms with E-state index < -0.39 is 0 Å². The van der Waals surface area contributed by atoms with E-state index in [9.17, 15) is 19.2 Å². The Morgan fingerprint density at radius 3 is 1.31 bits per heavy atom. The number of benzene rings is 2. The molecule has 0 aliphatic carbocycles. The zero-order valence-corrected chi connectivity index (χ0v) is 27.7. The van der Waals surface area contributed by atoms with E-state index in [1.165, 1.54) is 9.80 Å². The maximum absolute atomic E-state index is 14.0. The summed E-state index contributed by atoms with van der Waals surface area (Å²) in [5, 5.41) is 6.49. The highest BCUT2D eigenvalue weighted by atomic mass is 16.2. The number of imide groups is 2. The quantitative estimate of drug-likeness (QED) is 0.277. The van der Waals surface area contributed by atoms with Crippen LogP contribution in [0.5, 0.6) is 0 Å². The molecule has 2 fully saturated rings. The fourth-order valence-electron chi connectivity index (χ4n) is 8.48. The van der Waals surface area contributed by atoms with Gasteiger partial charge in [0.05, 0.1) is 11.1 Å². The van der Waals surface area contributed by atoms with Crippen molar-refractivity contribution in [2.24, 2.45) is 0 Å². The van der Waals surface area contributed by atoms with Gasteiger partial charge in [-0.25, -0.2) is 10.0 Å². The van der Waals surface area contributed by atoms with Gasteiger partial charge in [0.1, 0.15) is 11.4 Å². The van der Waals surface area contributed by atoms with Gasteiger partial charge in [0.25, 0.3) is 23.6 Å². The molecule has 2 aromatic heterocycles. The van der Waals surface area contributed by atoms with E-state index in [2.05, 4.69) is 29.8 Å². The molecule has 49 heavy (non-hydrogen) atoms. The number of aromatic amines is 2. The van der Waals surface area contributed by atoms with Gasteiger partial charge in [0.15, 0.2) is 0 Å². The maximum Gasteiger partial charge on any atom is 0.277 e. The molecule has 0 saturated carbocycles. The number of aryl methyl sites for hydroxylation is 2. The summed E-state index contributed by atoms with van der Waals surface area (Å²) in [7, 11) is 3.15. The first kappa shape index (κ1) is 29.9. The molecule has 2 aromatic carbocycles. The monoisotopic (exact) mass is 658 g/mol. The number of rotatable bonds is 0. The van der Waals surface area contributed by atoms with E-state index in [1.807, 2.05) is 48.5 Å². The molecule has 0 radical (unpaired) electrons. The molecule has 7 aliphatic rings. The van der Waals surface area contributed by atoms with Crippen LogP contribution in [0.15, 0.2) is 59.9 Å². The van der Waals surface area contributed by atoms with E-state index in [0.717, 1.165) is 44.3 Å². The Bertz CT molecular complexity index is 2010. The zero-order valence-electron chi connectivity index (χ0n) is 27.7. The molecule has 7 aliphatic heterocycles. The van der Waals surface area contributed by atoms with Crippen LogP contribution < -0.4 is 0 Å². The number of para-hydroxylation sites is 2. The van der Waals surface area contributed by atoms with Crippen LogP contribution in [0.4, 0.5) is 0 Å². The normalized spacial score (nSPS) is 23.5. The van der Waals surface area contributed by atoms with Crippen molar-refractivity contribution in [1.82, 2.24) is 39.6 Å². The molecular weight excluding hydrogens is 620 g/mol. The maximum atomic E-state index is 14.0. The molecule has 0 unspecified atom stereocenters. The lowest BCUT2D eigenvalue weighted by molar-refractivity contribution is -0.138. The molecule has 250 valence electrons. The van der Waals surface area contributed by atoms with Crippen LogP contribution in [0.1, 0.15) is 28.9 Å². The van der Waals surface area contributed by atoms with Crippen LogP contribution >= 0.6 is 0 Å².